The molecule has 1 amide bonds. The lowest BCUT2D eigenvalue weighted by Crippen LogP contribution is -2.37. The van der Waals surface area contributed by atoms with E-state index in [1.165, 1.54) is 0 Å². The molecule has 8 heteroatoms. The highest BCUT2D eigenvalue weighted by molar-refractivity contribution is 6.28. The molecule has 0 fully saturated rings. The lowest BCUT2D eigenvalue weighted by Gasteiger charge is -2.21. The molecule has 2 N–H and O–H groups in total. The van der Waals surface area contributed by atoms with E-state index in [1.54, 1.807) is 11.9 Å². The summed E-state index contributed by atoms with van der Waals surface area (Å²) in [7, 11) is 1.59. The first-order valence-corrected chi connectivity index (χ1v) is 6.59. The largest absolute Gasteiger partial charge is 0.358 e. The minimum atomic E-state index is -0.102. The van der Waals surface area contributed by atoms with Crippen molar-refractivity contribution < 1.29 is 4.79 Å². The highest BCUT2D eigenvalue weighted by atomic mass is 35.5. The average Bonchev–Trinajstić information content (AvgIpc) is 2.37. The Hall–Kier alpha value is -1.63. The Morgan fingerprint density at radius 3 is 2.63 bits per heavy atom. The van der Waals surface area contributed by atoms with Crippen LogP contribution in [0.2, 0.25) is 5.28 Å². The number of hydrogen-bond donors (Lipinski definition) is 2. The number of carbonyl (C=O) groups is 1. The van der Waals surface area contributed by atoms with E-state index in [9.17, 15) is 4.79 Å². The molecule has 0 aliphatic heterocycles. The van der Waals surface area contributed by atoms with Gasteiger partial charge in [-0.1, -0.05) is 6.92 Å². The Bertz CT molecular complexity index is 428. The van der Waals surface area contributed by atoms with E-state index in [0.717, 1.165) is 6.42 Å². The van der Waals surface area contributed by atoms with Crippen LogP contribution in [0.15, 0.2) is 0 Å². The van der Waals surface area contributed by atoms with Crippen LogP contribution >= 0.6 is 11.6 Å². The van der Waals surface area contributed by atoms with E-state index < -0.39 is 0 Å². The van der Waals surface area contributed by atoms with Crippen LogP contribution in [0.3, 0.4) is 0 Å². The summed E-state index contributed by atoms with van der Waals surface area (Å²) in [4.78, 5) is 25.6. The van der Waals surface area contributed by atoms with Gasteiger partial charge in [-0.05, 0) is 24.9 Å². The molecule has 0 spiro atoms. The van der Waals surface area contributed by atoms with Crippen LogP contribution in [0.25, 0.3) is 0 Å². The number of nitrogens with zero attached hydrogens (tertiary/aromatic N) is 4. The normalized spacial score (nSPS) is 10.1. The van der Waals surface area contributed by atoms with Crippen molar-refractivity contribution >= 4 is 29.4 Å². The van der Waals surface area contributed by atoms with Crippen LogP contribution in [0.1, 0.15) is 20.3 Å². The highest BCUT2D eigenvalue weighted by Gasteiger charge is 2.15. The molecule has 0 saturated heterocycles. The van der Waals surface area contributed by atoms with Crippen LogP contribution in [0.4, 0.5) is 11.9 Å². The average molecular weight is 287 g/mol. The Morgan fingerprint density at radius 1 is 1.32 bits per heavy atom. The quantitative estimate of drug-likeness (QED) is 0.775. The number of likely N-dealkylation sites (N-methyl/N-ethyl adjacent to an activating group) is 1. The SMILES string of the molecule is CCCN(CC(=O)NC)c1nc(Cl)nc(NCC)n1. The van der Waals surface area contributed by atoms with E-state index in [0.29, 0.717) is 25.0 Å². The molecule has 0 radical (unpaired) electrons. The van der Waals surface area contributed by atoms with Crippen LogP contribution < -0.4 is 15.5 Å². The van der Waals surface area contributed by atoms with E-state index >= 15 is 0 Å². The van der Waals surface area contributed by atoms with Crippen molar-refractivity contribution in [1.82, 2.24) is 20.3 Å². The number of hydrogen-bond acceptors (Lipinski definition) is 6. The third-order valence-electron chi connectivity index (χ3n) is 2.32. The number of nitrogens with one attached hydrogen (secondary N) is 2. The molecule has 1 aromatic rings. The van der Waals surface area contributed by atoms with E-state index in [2.05, 4.69) is 25.6 Å². The monoisotopic (exact) mass is 286 g/mol. The van der Waals surface area contributed by atoms with Gasteiger partial charge < -0.3 is 15.5 Å². The zero-order valence-corrected chi connectivity index (χ0v) is 12.2. The zero-order valence-electron chi connectivity index (χ0n) is 11.4. The maximum atomic E-state index is 11.5. The minimum Gasteiger partial charge on any atom is -0.358 e. The molecule has 1 heterocycles. The fourth-order valence-electron chi connectivity index (χ4n) is 1.49. The first-order chi connectivity index (χ1) is 9.10. The van der Waals surface area contributed by atoms with Gasteiger partial charge in [-0.25, -0.2) is 0 Å². The van der Waals surface area contributed by atoms with Gasteiger partial charge in [0, 0.05) is 20.1 Å². The van der Waals surface area contributed by atoms with Crippen molar-refractivity contribution in [2.75, 3.05) is 36.9 Å². The minimum absolute atomic E-state index is 0.102. The third-order valence-corrected chi connectivity index (χ3v) is 2.49. The molecular formula is C11H19ClN6O. The number of carbonyl (C=O) groups excluding carboxylic acids is 1. The summed E-state index contributed by atoms with van der Waals surface area (Å²) in [5, 5.41) is 5.67. The van der Waals surface area contributed by atoms with Crippen LogP contribution in [0, 0.1) is 0 Å². The number of anilines is 2. The predicted molar refractivity (Wildman–Crippen MR) is 75.6 cm³/mol. The summed E-state index contributed by atoms with van der Waals surface area (Å²) in [6.45, 7) is 5.50. The molecule has 0 aliphatic rings. The maximum absolute atomic E-state index is 11.5. The van der Waals surface area contributed by atoms with Gasteiger partial charge in [0.2, 0.25) is 23.1 Å². The molecule has 19 heavy (non-hydrogen) atoms. The Balaban J connectivity index is 2.96. The Morgan fingerprint density at radius 2 is 2.05 bits per heavy atom. The molecule has 0 aromatic carbocycles. The van der Waals surface area contributed by atoms with Gasteiger partial charge in [0.15, 0.2) is 0 Å². The molecule has 0 atom stereocenters. The summed E-state index contributed by atoms with van der Waals surface area (Å²) in [5.74, 6) is 0.715. The molecule has 1 aromatic heterocycles. The first kappa shape index (κ1) is 15.4. The van der Waals surface area contributed by atoms with Gasteiger partial charge in [0.05, 0.1) is 6.54 Å². The van der Waals surface area contributed by atoms with E-state index in [4.69, 9.17) is 11.6 Å². The molecule has 7 nitrogen and oxygen atoms in total. The maximum Gasteiger partial charge on any atom is 0.239 e. The smallest absolute Gasteiger partial charge is 0.239 e. The molecule has 0 unspecified atom stereocenters. The molecule has 106 valence electrons. The second-order valence-corrected chi connectivity index (χ2v) is 4.19. The van der Waals surface area contributed by atoms with Gasteiger partial charge in [-0.15, -0.1) is 0 Å². The number of halogens is 1. The Kier molecular flexibility index (Phi) is 6.27. The highest BCUT2D eigenvalue weighted by Crippen LogP contribution is 2.14. The van der Waals surface area contributed by atoms with Crippen molar-refractivity contribution in [3.63, 3.8) is 0 Å². The second kappa shape index (κ2) is 7.73. The molecule has 1 rings (SSSR count). The number of aromatic nitrogens is 3. The summed E-state index contributed by atoms with van der Waals surface area (Å²) < 4.78 is 0. The summed E-state index contributed by atoms with van der Waals surface area (Å²) in [6.07, 6.45) is 0.872. The number of rotatable bonds is 7. The van der Waals surface area contributed by atoms with E-state index in [1.807, 2.05) is 13.8 Å². The molecule has 0 saturated carbocycles. The predicted octanol–water partition coefficient (Wildman–Crippen LogP) is 0.919. The lowest BCUT2D eigenvalue weighted by atomic mass is 10.4. The van der Waals surface area contributed by atoms with Gasteiger partial charge in [0.1, 0.15) is 0 Å². The fraction of sp³-hybridized carbons (Fsp3) is 0.636. The summed E-state index contributed by atoms with van der Waals surface area (Å²) >= 11 is 5.87. The van der Waals surface area contributed by atoms with Crippen LogP contribution in [-0.2, 0) is 4.79 Å². The Labute approximate surface area is 117 Å². The van der Waals surface area contributed by atoms with E-state index in [-0.39, 0.29) is 17.7 Å². The third kappa shape index (κ3) is 4.86. The van der Waals surface area contributed by atoms with Crippen LogP contribution in [0.5, 0.6) is 0 Å². The summed E-state index contributed by atoms with van der Waals surface area (Å²) in [5.41, 5.74) is 0. The lowest BCUT2D eigenvalue weighted by molar-refractivity contribution is -0.119. The van der Waals surface area contributed by atoms with Crippen molar-refractivity contribution in [3.05, 3.63) is 5.28 Å². The van der Waals surface area contributed by atoms with Gasteiger partial charge in [0.25, 0.3) is 0 Å². The second-order valence-electron chi connectivity index (χ2n) is 3.85. The van der Waals surface area contributed by atoms with Gasteiger partial charge in [-0.2, -0.15) is 15.0 Å². The molecule has 0 bridgehead atoms. The van der Waals surface area contributed by atoms with Crippen molar-refractivity contribution in [2.45, 2.75) is 20.3 Å². The topological polar surface area (TPSA) is 83.0 Å². The summed E-state index contributed by atoms with van der Waals surface area (Å²) in [6, 6.07) is 0. The zero-order chi connectivity index (χ0) is 14.3. The first-order valence-electron chi connectivity index (χ1n) is 6.21. The van der Waals surface area contributed by atoms with Crippen LogP contribution in [-0.4, -0.2) is 47.5 Å². The van der Waals surface area contributed by atoms with Gasteiger partial charge >= 0.3 is 0 Å². The number of amides is 1. The fourth-order valence-corrected chi connectivity index (χ4v) is 1.65. The van der Waals surface area contributed by atoms with Gasteiger partial charge in [-0.3, -0.25) is 4.79 Å². The van der Waals surface area contributed by atoms with Crippen molar-refractivity contribution in [1.29, 1.82) is 0 Å². The molecular weight excluding hydrogens is 268 g/mol. The standard InChI is InChI=1S/C11H19ClN6O/c1-4-6-18(7-8(19)13-3)11-16-9(12)15-10(17-11)14-5-2/h4-7H2,1-3H3,(H,13,19)(H,14,15,16,17). The molecule has 0 aliphatic carbocycles. The van der Waals surface area contributed by atoms with Crippen molar-refractivity contribution in [3.8, 4) is 0 Å². The van der Waals surface area contributed by atoms with Crippen molar-refractivity contribution in [2.24, 2.45) is 0 Å².